The fourth-order valence-electron chi connectivity index (χ4n) is 2.24. The van der Waals surface area contributed by atoms with Gasteiger partial charge in [-0.1, -0.05) is 0 Å². The van der Waals surface area contributed by atoms with Crippen LogP contribution < -0.4 is 5.32 Å². The van der Waals surface area contributed by atoms with Crippen molar-refractivity contribution in [1.82, 2.24) is 15.1 Å². The van der Waals surface area contributed by atoms with Gasteiger partial charge in [-0.3, -0.25) is 4.79 Å². The van der Waals surface area contributed by atoms with Crippen molar-refractivity contribution in [2.24, 2.45) is 5.92 Å². The van der Waals surface area contributed by atoms with Gasteiger partial charge in [0.05, 0.1) is 6.54 Å². The first kappa shape index (κ1) is 15.1. The zero-order valence-electron chi connectivity index (χ0n) is 12.7. The molecule has 0 saturated carbocycles. The summed E-state index contributed by atoms with van der Waals surface area (Å²) in [6.07, 6.45) is 0.639. The van der Waals surface area contributed by atoms with E-state index in [1.54, 1.807) is 0 Å². The zero-order chi connectivity index (χ0) is 14.5. The molecule has 0 unspecified atom stereocenters. The van der Waals surface area contributed by atoms with Crippen LogP contribution >= 0.6 is 0 Å². The topological polar surface area (TPSA) is 48.7 Å². The molecular formula is C15H25N3O2. The lowest BCUT2D eigenvalue weighted by Crippen LogP contribution is -2.46. The lowest BCUT2D eigenvalue weighted by Gasteiger charge is -2.30. The van der Waals surface area contributed by atoms with E-state index in [9.17, 15) is 4.79 Å². The Morgan fingerprint density at radius 3 is 2.60 bits per heavy atom. The maximum Gasteiger partial charge on any atom is 0.223 e. The Kier molecular flexibility index (Phi) is 5.20. The summed E-state index contributed by atoms with van der Waals surface area (Å²) in [5.41, 5.74) is 0. The highest BCUT2D eigenvalue weighted by molar-refractivity contribution is 5.76. The van der Waals surface area contributed by atoms with E-state index >= 15 is 0 Å². The van der Waals surface area contributed by atoms with Crippen LogP contribution in [0.2, 0.25) is 0 Å². The second-order valence-electron chi connectivity index (χ2n) is 5.86. The Bertz CT molecular complexity index is 438. The summed E-state index contributed by atoms with van der Waals surface area (Å²) in [5.74, 6) is 2.49. The van der Waals surface area contributed by atoms with Gasteiger partial charge in [-0.15, -0.1) is 0 Å². The number of hydrogen-bond acceptors (Lipinski definition) is 4. The Labute approximate surface area is 120 Å². The van der Waals surface area contributed by atoms with E-state index in [2.05, 4.69) is 10.2 Å². The molecule has 1 aromatic heterocycles. The minimum Gasteiger partial charge on any atom is -0.464 e. The Morgan fingerprint density at radius 2 is 2.10 bits per heavy atom. The molecule has 20 heavy (non-hydrogen) atoms. The SMILES string of the molecule is Cc1ccc(CN(CCN(C)C)C(=O)CC2CNC2)o1. The molecule has 2 heterocycles. The molecule has 0 spiro atoms. The average molecular weight is 279 g/mol. The van der Waals surface area contributed by atoms with E-state index in [1.807, 2.05) is 38.1 Å². The number of nitrogens with one attached hydrogen (secondary N) is 1. The van der Waals surface area contributed by atoms with Crippen LogP contribution in [0.15, 0.2) is 16.5 Å². The Balaban J connectivity index is 1.93. The highest BCUT2D eigenvalue weighted by Gasteiger charge is 2.24. The van der Waals surface area contributed by atoms with E-state index in [-0.39, 0.29) is 5.91 Å². The minimum atomic E-state index is 0.229. The summed E-state index contributed by atoms with van der Waals surface area (Å²) in [6.45, 7) is 6.04. The molecule has 5 nitrogen and oxygen atoms in total. The molecule has 1 fully saturated rings. The van der Waals surface area contributed by atoms with Crippen molar-refractivity contribution in [1.29, 1.82) is 0 Å². The molecule has 0 atom stereocenters. The smallest absolute Gasteiger partial charge is 0.223 e. The predicted molar refractivity (Wildman–Crippen MR) is 78.4 cm³/mol. The van der Waals surface area contributed by atoms with E-state index in [1.165, 1.54) is 0 Å². The summed E-state index contributed by atoms with van der Waals surface area (Å²) in [6, 6.07) is 3.90. The van der Waals surface area contributed by atoms with Gasteiger partial charge in [-0.25, -0.2) is 0 Å². The number of amides is 1. The predicted octanol–water partition coefficient (Wildman–Crippen LogP) is 1.09. The van der Waals surface area contributed by atoms with Gasteiger partial charge < -0.3 is 19.5 Å². The van der Waals surface area contributed by atoms with Crippen molar-refractivity contribution < 1.29 is 9.21 Å². The molecule has 0 aliphatic carbocycles. The quantitative estimate of drug-likeness (QED) is 0.811. The second kappa shape index (κ2) is 6.90. The van der Waals surface area contributed by atoms with Crippen LogP contribution in [0.1, 0.15) is 17.9 Å². The molecule has 1 aromatic rings. The number of carbonyl (C=O) groups is 1. The molecule has 1 aliphatic rings. The fraction of sp³-hybridized carbons (Fsp3) is 0.667. The van der Waals surface area contributed by atoms with Crippen molar-refractivity contribution in [2.75, 3.05) is 40.3 Å². The number of aryl methyl sites for hydroxylation is 1. The van der Waals surface area contributed by atoms with E-state index < -0.39 is 0 Å². The number of nitrogens with zero attached hydrogens (tertiary/aromatic N) is 2. The third-order valence-electron chi connectivity index (χ3n) is 3.64. The van der Waals surface area contributed by atoms with Crippen LogP contribution in [0.25, 0.3) is 0 Å². The number of furan rings is 1. The molecular weight excluding hydrogens is 254 g/mol. The third kappa shape index (κ3) is 4.35. The van der Waals surface area contributed by atoms with Crippen LogP contribution in [0.3, 0.4) is 0 Å². The fourth-order valence-corrected chi connectivity index (χ4v) is 2.24. The van der Waals surface area contributed by atoms with Gasteiger partial charge in [-0.2, -0.15) is 0 Å². The summed E-state index contributed by atoms with van der Waals surface area (Å²) < 4.78 is 5.60. The van der Waals surface area contributed by atoms with Crippen molar-refractivity contribution in [2.45, 2.75) is 19.9 Å². The maximum absolute atomic E-state index is 12.4. The van der Waals surface area contributed by atoms with Gasteiger partial charge in [0.1, 0.15) is 11.5 Å². The normalized spacial score (nSPS) is 15.4. The third-order valence-corrected chi connectivity index (χ3v) is 3.64. The first-order valence-electron chi connectivity index (χ1n) is 7.23. The van der Waals surface area contributed by atoms with Crippen molar-refractivity contribution in [3.05, 3.63) is 23.7 Å². The van der Waals surface area contributed by atoms with Gasteiger partial charge >= 0.3 is 0 Å². The highest BCUT2D eigenvalue weighted by Crippen LogP contribution is 2.14. The van der Waals surface area contributed by atoms with Crippen LogP contribution in [-0.4, -0.2) is 56.0 Å². The molecule has 5 heteroatoms. The van der Waals surface area contributed by atoms with Crippen molar-refractivity contribution >= 4 is 5.91 Å². The molecule has 112 valence electrons. The molecule has 0 bridgehead atoms. The lowest BCUT2D eigenvalue weighted by atomic mass is 9.98. The van der Waals surface area contributed by atoms with Crippen LogP contribution in [0.5, 0.6) is 0 Å². The molecule has 1 saturated heterocycles. The highest BCUT2D eigenvalue weighted by atomic mass is 16.3. The summed E-state index contributed by atoms with van der Waals surface area (Å²) in [4.78, 5) is 16.4. The van der Waals surface area contributed by atoms with E-state index in [4.69, 9.17) is 4.42 Å². The molecule has 0 aromatic carbocycles. The number of likely N-dealkylation sites (N-methyl/N-ethyl adjacent to an activating group) is 1. The lowest BCUT2D eigenvalue weighted by molar-refractivity contribution is -0.133. The second-order valence-corrected chi connectivity index (χ2v) is 5.86. The van der Waals surface area contributed by atoms with Gasteiger partial charge in [-0.05, 0) is 52.2 Å². The molecule has 0 radical (unpaired) electrons. The first-order valence-corrected chi connectivity index (χ1v) is 7.23. The first-order chi connectivity index (χ1) is 9.54. The Hall–Kier alpha value is -1.33. The standard InChI is InChI=1S/C15H25N3O2/c1-12-4-5-14(20-12)11-18(7-6-17(2)3)15(19)8-13-9-16-10-13/h4-5,13,16H,6-11H2,1-3H3. The van der Waals surface area contributed by atoms with Crippen LogP contribution in [0, 0.1) is 12.8 Å². The molecule has 1 amide bonds. The van der Waals surface area contributed by atoms with Crippen molar-refractivity contribution in [3.63, 3.8) is 0 Å². The number of rotatable bonds is 7. The zero-order valence-corrected chi connectivity index (χ0v) is 12.7. The van der Waals surface area contributed by atoms with Gasteiger partial charge in [0, 0.05) is 19.5 Å². The molecule has 1 N–H and O–H groups in total. The van der Waals surface area contributed by atoms with E-state index in [0.717, 1.165) is 37.7 Å². The molecule has 2 rings (SSSR count). The van der Waals surface area contributed by atoms with Gasteiger partial charge in [0.15, 0.2) is 0 Å². The maximum atomic E-state index is 12.4. The average Bonchev–Trinajstić information content (AvgIpc) is 2.74. The van der Waals surface area contributed by atoms with E-state index in [0.29, 0.717) is 18.9 Å². The van der Waals surface area contributed by atoms with Gasteiger partial charge in [0.25, 0.3) is 0 Å². The summed E-state index contributed by atoms with van der Waals surface area (Å²) in [7, 11) is 4.05. The molecule has 1 aliphatic heterocycles. The van der Waals surface area contributed by atoms with Crippen molar-refractivity contribution in [3.8, 4) is 0 Å². The number of carbonyl (C=O) groups excluding carboxylic acids is 1. The van der Waals surface area contributed by atoms with Crippen LogP contribution in [-0.2, 0) is 11.3 Å². The summed E-state index contributed by atoms with van der Waals surface area (Å²) in [5, 5.41) is 3.21. The summed E-state index contributed by atoms with van der Waals surface area (Å²) >= 11 is 0. The Morgan fingerprint density at radius 1 is 1.35 bits per heavy atom. The monoisotopic (exact) mass is 279 g/mol. The largest absolute Gasteiger partial charge is 0.464 e. The number of hydrogen-bond donors (Lipinski definition) is 1. The minimum absolute atomic E-state index is 0.229. The van der Waals surface area contributed by atoms with Crippen LogP contribution in [0.4, 0.5) is 0 Å². The van der Waals surface area contributed by atoms with Gasteiger partial charge in [0.2, 0.25) is 5.91 Å².